The Morgan fingerprint density at radius 3 is 2.65 bits per heavy atom. The summed E-state index contributed by atoms with van der Waals surface area (Å²) in [6.45, 7) is 5.31. The molecule has 0 aromatic heterocycles. The first-order chi connectivity index (χ1) is 9.23. The lowest BCUT2D eigenvalue weighted by atomic mass is 9.76. The summed E-state index contributed by atoms with van der Waals surface area (Å²) in [5.74, 6) is -0.930. The summed E-state index contributed by atoms with van der Waals surface area (Å²) < 4.78 is 0. The monoisotopic (exact) mass is 281 g/mol. The molecule has 2 rings (SSSR count). The highest BCUT2D eigenvalue weighted by atomic mass is 16.2. The van der Waals surface area contributed by atoms with Crippen LogP contribution in [0.15, 0.2) is 0 Å². The van der Waals surface area contributed by atoms with Gasteiger partial charge >= 0.3 is 0 Å². The fourth-order valence-electron chi connectivity index (χ4n) is 3.04. The van der Waals surface area contributed by atoms with Crippen LogP contribution in [0.4, 0.5) is 0 Å². The third-order valence-electron chi connectivity index (χ3n) is 4.60. The normalized spacial score (nSPS) is 33.8. The largest absolute Gasteiger partial charge is 0.328 e. The second kappa shape index (κ2) is 5.16. The van der Waals surface area contributed by atoms with Crippen LogP contribution < -0.4 is 11.1 Å². The number of piperazine rings is 1. The third kappa shape index (κ3) is 2.57. The lowest BCUT2D eigenvalue weighted by molar-refractivity contribution is -0.159. The number of hydrogen-bond acceptors (Lipinski definition) is 4. The Hall–Kier alpha value is -1.43. The number of imide groups is 1. The summed E-state index contributed by atoms with van der Waals surface area (Å²) in [6.07, 6.45) is 2.46. The molecule has 1 aliphatic heterocycles. The average Bonchev–Trinajstić information content (AvgIpc) is 2.36. The second-order valence-electron chi connectivity index (χ2n) is 6.52. The Morgan fingerprint density at radius 1 is 1.35 bits per heavy atom. The predicted molar refractivity (Wildman–Crippen MR) is 73.4 cm³/mol. The first-order valence-electron chi connectivity index (χ1n) is 7.15. The Morgan fingerprint density at radius 2 is 2.00 bits per heavy atom. The molecule has 3 amide bonds. The van der Waals surface area contributed by atoms with Crippen molar-refractivity contribution in [3.05, 3.63) is 0 Å². The van der Waals surface area contributed by atoms with Crippen molar-refractivity contribution in [1.82, 2.24) is 10.2 Å². The molecular weight excluding hydrogens is 258 g/mol. The Kier molecular flexibility index (Phi) is 3.86. The van der Waals surface area contributed by atoms with Crippen molar-refractivity contribution in [2.45, 2.75) is 51.6 Å². The lowest BCUT2D eigenvalue weighted by Crippen LogP contribution is -2.66. The van der Waals surface area contributed by atoms with Crippen LogP contribution in [0.5, 0.6) is 0 Å². The molecule has 0 radical (unpaired) electrons. The Bertz CT molecular complexity index is 447. The van der Waals surface area contributed by atoms with E-state index in [1.165, 1.54) is 4.90 Å². The summed E-state index contributed by atoms with van der Waals surface area (Å²) in [4.78, 5) is 37.6. The molecule has 1 saturated carbocycles. The highest BCUT2D eigenvalue weighted by Gasteiger charge is 2.46. The number of carbonyl (C=O) groups excluding carboxylic acids is 3. The van der Waals surface area contributed by atoms with E-state index in [4.69, 9.17) is 5.73 Å². The van der Waals surface area contributed by atoms with Gasteiger partial charge in [0.2, 0.25) is 11.8 Å². The Balaban J connectivity index is 2.22. The SMILES string of the molecule is CC1CCC(N)CC1C(=O)N1CC(=O)NC(=O)C1(C)C. The number of nitrogens with zero attached hydrogens (tertiary/aromatic N) is 1. The second-order valence-corrected chi connectivity index (χ2v) is 6.52. The van der Waals surface area contributed by atoms with Crippen LogP contribution in [-0.2, 0) is 14.4 Å². The van der Waals surface area contributed by atoms with Crippen molar-refractivity contribution in [3.63, 3.8) is 0 Å². The zero-order valence-electron chi connectivity index (χ0n) is 12.3. The first-order valence-corrected chi connectivity index (χ1v) is 7.15. The van der Waals surface area contributed by atoms with Gasteiger partial charge in [-0.1, -0.05) is 6.92 Å². The minimum atomic E-state index is -0.994. The molecule has 2 fully saturated rings. The topological polar surface area (TPSA) is 92.5 Å². The summed E-state index contributed by atoms with van der Waals surface area (Å²) in [5, 5.41) is 2.28. The van der Waals surface area contributed by atoms with Crippen LogP contribution in [0.1, 0.15) is 40.0 Å². The van der Waals surface area contributed by atoms with Gasteiger partial charge in [-0.15, -0.1) is 0 Å². The van der Waals surface area contributed by atoms with E-state index in [1.54, 1.807) is 13.8 Å². The van der Waals surface area contributed by atoms with E-state index in [9.17, 15) is 14.4 Å². The van der Waals surface area contributed by atoms with Gasteiger partial charge in [-0.05, 0) is 39.0 Å². The van der Waals surface area contributed by atoms with E-state index in [0.29, 0.717) is 6.42 Å². The summed E-state index contributed by atoms with van der Waals surface area (Å²) in [5.41, 5.74) is 4.97. The van der Waals surface area contributed by atoms with Crippen molar-refractivity contribution in [2.75, 3.05) is 6.54 Å². The number of carbonyl (C=O) groups is 3. The molecule has 3 N–H and O–H groups in total. The smallest absolute Gasteiger partial charge is 0.252 e. The fraction of sp³-hybridized carbons (Fsp3) is 0.786. The van der Waals surface area contributed by atoms with E-state index < -0.39 is 17.4 Å². The molecule has 1 heterocycles. The Labute approximate surface area is 119 Å². The first kappa shape index (κ1) is 15.0. The van der Waals surface area contributed by atoms with Crippen molar-refractivity contribution in [3.8, 4) is 0 Å². The molecule has 6 nitrogen and oxygen atoms in total. The van der Waals surface area contributed by atoms with Gasteiger partial charge < -0.3 is 10.6 Å². The van der Waals surface area contributed by atoms with Crippen molar-refractivity contribution < 1.29 is 14.4 Å². The number of nitrogens with two attached hydrogens (primary N) is 1. The fourth-order valence-corrected chi connectivity index (χ4v) is 3.04. The molecule has 0 spiro atoms. The van der Waals surface area contributed by atoms with Gasteiger partial charge in [0.1, 0.15) is 12.1 Å². The maximum atomic E-state index is 12.8. The van der Waals surface area contributed by atoms with Gasteiger partial charge in [0.25, 0.3) is 5.91 Å². The minimum absolute atomic E-state index is 0.0255. The maximum Gasteiger partial charge on any atom is 0.252 e. The van der Waals surface area contributed by atoms with E-state index in [1.807, 2.05) is 6.92 Å². The van der Waals surface area contributed by atoms with Crippen molar-refractivity contribution >= 4 is 17.7 Å². The van der Waals surface area contributed by atoms with Crippen LogP contribution >= 0.6 is 0 Å². The lowest BCUT2D eigenvalue weighted by Gasteiger charge is -2.44. The zero-order chi connectivity index (χ0) is 15.1. The van der Waals surface area contributed by atoms with Gasteiger partial charge in [-0.2, -0.15) is 0 Å². The quantitative estimate of drug-likeness (QED) is 0.662. The summed E-state index contributed by atoms with van der Waals surface area (Å²) in [7, 11) is 0. The molecule has 3 unspecified atom stereocenters. The molecule has 0 bridgehead atoms. The van der Waals surface area contributed by atoms with Gasteiger partial charge in [0.15, 0.2) is 0 Å². The van der Waals surface area contributed by atoms with Gasteiger partial charge in [0, 0.05) is 12.0 Å². The van der Waals surface area contributed by atoms with Gasteiger partial charge in [-0.25, -0.2) is 0 Å². The molecule has 3 atom stereocenters. The van der Waals surface area contributed by atoms with Crippen LogP contribution in [0.25, 0.3) is 0 Å². The van der Waals surface area contributed by atoms with Crippen molar-refractivity contribution in [2.24, 2.45) is 17.6 Å². The van der Waals surface area contributed by atoms with E-state index in [2.05, 4.69) is 5.32 Å². The van der Waals surface area contributed by atoms with Gasteiger partial charge in [-0.3, -0.25) is 19.7 Å². The maximum absolute atomic E-state index is 12.8. The molecule has 112 valence electrons. The van der Waals surface area contributed by atoms with Crippen LogP contribution in [0.3, 0.4) is 0 Å². The number of amides is 3. The average molecular weight is 281 g/mol. The summed E-state index contributed by atoms with van der Waals surface area (Å²) in [6, 6.07) is 0.0255. The molecule has 0 aromatic carbocycles. The number of rotatable bonds is 1. The van der Waals surface area contributed by atoms with E-state index >= 15 is 0 Å². The molecule has 1 aliphatic carbocycles. The highest BCUT2D eigenvalue weighted by Crippen LogP contribution is 2.33. The molecule has 20 heavy (non-hydrogen) atoms. The molecule has 2 aliphatic rings. The molecule has 0 aromatic rings. The highest BCUT2D eigenvalue weighted by molar-refractivity contribution is 6.06. The molecular formula is C14H23N3O3. The molecule has 1 saturated heterocycles. The number of nitrogens with one attached hydrogen (secondary N) is 1. The van der Waals surface area contributed by atoms with Crippen LogP contribution in [0, 0.1) is 11.8 Å². The standard InChI is InChI=1S/C14H23N3O3/c1-8-4-5-9(15)6-10(8)12(19)17-7-11(18)16-13(20)14(17,2)3/h8-10H,4-7,15H2,1-3H3,(H,16,18,20). The summed E-state index contributed by atoms with van der Waals surface area (Å²) >= 11 is 0. The van der Waals surface area contributed by atoms with E-state index in [0.717, 1.165) is 12.8 Å². The molecule has 6 heteroatoms. The van der Waals surface area contributed by atoms with Gasteiger partial charge in [0.05, 0.1) is 0 Å². The van der Waals surface area contributed by atoms with Crippen LogP contribution in [0.2, 0.25) is 0 Å². The van der Waals surface area contributed by atoms with Crippen molar-refractivity contribution in [1.29, 1.82) is 0 Å². The third-order valence-corrected chi connectivity index (χ3v) is 4.60. The predicted octanol–water partition coefficient (Wildman–Crippen LogP) is 0.0135. The minimum Gasteiger partial charge on any atom is -0.328 e. The number of hydrogen-bond donors (Lipinski definition) is 2. The zero-order valence-corrected chi connectivity index (χ0v) is 12.3. The van der Waals surface area contributed by atoms with Crippen LogP contribution in [-0.4, -0.2) is 40.7 Å². The van der Waals surface area contributed by atoms with E-state index in [-0.39, 0.29) is 30.3 Å².